The zero-order valence-electron chi connectivity index (χ0n) is 12.6. The summed E-state index contributed by atoms with van der Waals surface area (Å²) < 4.78 is 0. The molecule has 0 saturated carbocycles. The molecule has 0 bridgehead atoms. The Kier molecular flexibility index (Phi) is 4.12. The largest absolute Gasteiger partial charge is 0.333 e. The number of hydrogen-bond acceptors (Lipinski definition) is 4. The highest BCUT2D eigenvalue weighted by Gasteiger charge is 2.35. The van der Waals surface area contributed by atoms with E-state index in [0.29, 0.717) is 6.04 Å². The van der Waals surface area contributed by atoms with Gasteiger partial charge in [-0.05, 0) is 50.6 Å². The summed E-state index contributed by atoms with van der Waals surface area (Å²) in [5, 5.41) is 0. The monoisotopic (exact) mass is 288 g/mol. The van der Waals surface area contributed by atoms with E-state index in [0.717, 1.165) is 24.3 Å². The van der Waals surface area contributed by atoms with Crippen molar-refractivity contribution in [2.45, 2.75) is 38.3 Å². The molecule has 0 spiro atoms. The summed E-state index contributed by atoms with van der Waals surface area (Å²) in [5.74, 6) is 5.50. The van der Waals surface area contributed by atoms with Gasteiger partial charge in [0.1, 0.15) is 0 Å². The van der Waals surface area contributed by atoms with Crippen LogP contribution in [0.2, 0.25) is 0 Å². The number of benzene rings is 1. The predicted molar refractivity (Wildman–Crippen MR) is 84.0 cm³/mol. The fraction of sp³-hybridized carbons (Fsp3) is 0.562. The van der Waals surface area contributed by atoms with Crippen molar-refractivity contribution in [2.75, 3.05) is 25.1 Å². The van der Waals surface area contributed by atoms with E-state index in [9.17, 15) is 4.79 Å². The molecule has 2 atom stereocenters. The molecule has 0 aliphatic carbocycles. The molecule has 3 rings (SSSR count). The Labute approximate surface area is 126 Å². The van der Waals surface area contributed by atoms with Gasteiger partial charge in [-0.2, -0.15) is 0 Å². The number of rotatable bonds is 2. The molecule has 2 heterocycles. The van der Waals surface area contributed by atoms with Crippen LogP contribution in [0.4, 0.5) is 5.69 Å². The summed E-state index contributed by atoms with van der Waals surface area (Å²) in [6.45, 7) is 5.20. The standard InChI is InChI=1S/C16H24N4O/c1-12-10-19-9-3-2-4-15(19)11-20(12)16(21)13-5-7-14(18-17)8-6-13/h5-8,12,15,18H,2-4,9-11,17H2,1H3. The van der Waals surface area contributed by atoms with Gasteiger partial charge in [0.15, 0.2) is 0 Å². The lowest BCUT2D eigenvalue weighted by Gasteiger charge is -2.47. The second-order valence-corrected chi connectivity index (χ2v) is 6.17. The number of carbonyl (C=O) groups is 1. The van der Waals surface area contributed by atoms with Gasteiger partial charge in [-0.1, -0.05) is 6.42 Å². The van der Waals surface area contributed by atoms with Crippen molar-refractivity contribution in [3.8, 4) is 0 Å². The average molecular weight is 288 g/mol. The molecule has 1 aromatic rings. The van der Waals surface area contributed by atoms with Crippen LogP contribution in [0.15, 0.2) is 24.3 Å². The fourth-order valence-electron chi connectivity index (χ4n) is 3.51. The third kappa shape index (κ3) is 2.89. The van der Waals surface area contributed by atoms with Crippen LogP contribution in [0.3, 0.4) is 0 Å². The minimum Gasteiger partial charge on any atom is -0.333 e. The van der Waals surface area contributed by atoms with Crippen LogP contribution in [-0.2, 0) is 0 Å². The molecule has 1 aromatic carbocycles. The summed E-state index contributed by atoms with van der Waals surface area (Å²) in [4.78, 5) is 17.3. The van der Waals surface area contributed by atoms with E-state index in [1.54, 1.807) is 0 Å². The van der Waals surface area contributed by atoms with Crippen LogP contribution < -0.4 is 11.3 Å². The van der Waals surface area contributed by atoms with Gasteiger partial charge >= 0.3 is 0 Å². The summed E-state index contributed by atoms with van der Waals surface area (Å²) in [6, 6.07) is 8.20. The van der Waals surface area contributed by atoms with Gasteiger partial charge in [0.05, 0.1) is 0 Å². The van der Waals surface area contributed by atoms with E-state index in [2.05, 4.69) is 17.2 Å². The van der Waals surface area contributed by atoms with Crippen molar-refractivity contribution in [2.24, 2.45) is 5.84 Å². The molecular weight excluding hydrogens is 264 g/mol. The number of nitrogens with zero attached hydrogens (tertiary/aromatic N) is 2. The number of carbonyl (C=O) groups excluding carboxylic acids is 1. The van der Waals surface area contributed by atoms with E-state index in [4.69, 9.17) is 5.84 Å². The van der Waals surface area contributed by atoms with Crippen LogP contribution in [0.5, 0.6) is 0 Å². The maximum Gasteiger partial charge on any atom is 0.254 e. The topological polar surface area (TPSA) is 61.6 Å². The molecule has 5 heteroatoms. The molecule has 1 amide bonds. The average Bonchev–Trinajstić information content (AvgIpc) is 2.53. The Bertz CT molecular complexity index is 502. The Morgan fingerprint density at radius 3 is 2.71 bits per heavy atom. The van der Waals surface area contributed by atoms with Gasteiger partial charge < -0.3 is 10.3 Å². The van der Waals surface area contributed by atoms with Crippen molar-refractivity contribution >= 4 is 11.6 Å². The summed E-state index contributed by atoms with van der Waals surface area (Å²) in [6.07, 6.45) is 3.80. The lowest BCUT2D eigenvalue weighted by molar-refractivity contribution is 0.0152. The second-order valence-electron chi connectivity index (χ2n) is 6.17. The van der Waals surface area contributed by atoms with Crippen LogP contribution in [0.25, 0.3) is 0 Å². The Morgan fingerprint density at radius 1 is 1.24 bits per heavy atom. The number of piperidine rings is 1. The lowest BCUT2D eigenvalue weighted by Crippen LogP contribution is -2.60. The van der Waals surface area contributed by atoms with Crippen molar-refractivity contribution in [1.82, 2.24) is 9.80 Å². The molecule has 21 heavy (non-hydrogen) atoms. The Balaban J connectivity index is 1.73. The van der Waals surface area contributed by atoms with Crippen molar-refractivity contribution < 1.29 is 4.79 Å². The Hall–Kier alpha value is -1.59. The van der Waals surface area contributed by atoms with Crippen LogP contribution >= 0.6 is 0 Å². The lowest BCUT2D eigenvalue weighted by atomic mass is 9.96. The number of hydrogen-bond donors (Lipinski definition) is 2. The Morgan fingerprint density at radius 2 is 2.00 bits per heavy atom. The van der Waals surface area contributed by atoms with Gasteiger partial charge in [-0.25, -0.2) is 0 Å². The van der Waals surface area contributed by atoms with Gasteiger partial charge in [0, 0.05) is 36.4 Å². The highest BCUT2D eigenvalue weighted by molar-refractivity contribution is 5.94. The minimum atomic E-state index is 0.135. The maximum absolute atomic E-state index is 12.7. The predicted octanol–water partition coefficient (Wildman–Crippen LogP) is 1.67. The van der Waals surface area contributed by atoms with Crippen LogP contribution in [-0.4, -0.2) is 47.4 Å². The van der Waals surface area contributed by atoms with E-state index < -0.39 is 0 Å². The molecule has 2 aliphatic heterocycles. The van der Waals surface area contributed by atoms with Gasteiger partial charge in [-0.15, -0.1) is 0 Å². The van der Waals surface area contributed by atoms with Crippen LogP contribution in [0.1, 0.15) is 36.5 Å². The summed E-state index contributed by atoms with van der Waals surface area (Å²) >= 11 is 0. The van der Waals surface area contributed by atoms with Crippen molar-refractivity contribution in [3.63, 3.8) is 0 Å². The minimum absolute atomic E-state index is 0.135. The van der Waals surface area contributed by atoms with Crippen LogP contribution in [0, 0.1) is 0 Å². The van der Waals surface area contributed by atoms with Crippen molar-refractivity contribution in [3.05, 3.63) is 29.8 Å². The smallest absolute Gasteiger partial charge is 0.254 e. The summed E-state index contributed by atoms with van der Waals surface area (Å²) in [7, 11) is 0. The van der Waals surface area contributed by atoms with Gasteiger partial charge in [0.2, 0.25) is 0 Å². The number of hydrazine groups is 1. The third-order valence-electron chi connectivity index (χ3n) is 4.75. The van der Waals surface area contributed by atoms with Gasteiger partial charge in [-0.3, -0.25) is 15.5 Å². The molecule has 2 unspecified atom stereocenters. The third-order valence-corrected chi connectivity index (χ3v) is 4.75. The van der Waals surface area contributed by atoms with E-state index in [1.165, 1.54) is 25.8 Å². The molecule has 5 nitrogen and oxygen atoms in total. The SMILES string of the molecule is CC1CN2CCCCC2CN1C(=O)c1ccc(NN)cc1. The van der Waals surface area contributed by atoms with E-state index in [-0.39, 0.29) is 11.9 Å². The first-order chi connectivity index (χ1) is 10.2. The first kappa shape index (κ1) is 14.4. The zero-order chi connectivity index (χ0) is 14.8. The molecule has 0 aromatic heterocycles. The molecule has 2 aliphatic rings. The number of piperazine rings is 1. The normalized spacial score (nSPS) is 26.3. The number of fused-ring (bicyclic) bond motifs is 1. The van der Waals surface area contributed by atoms with Gasteiger partial charge in [0.25, 0.3) is 5.91 Å². The second kappa shape index (κ2) is 6.03. The van der Waals surface area contributed by atoms with Crippen molar-refractivity contribution in [1.29, 1.82) is 0 Å². The maximum atomic E-state index is 12.7. The number of nitrogens with one attached hydrogen (secondary N) is 1. The number of nitrogens with two attached hydrogens (primary N) is 1. The number of anilines is 1. The zero-order valence-corrected chi connectivity index (χ0v) is 12.6. The number of nitrogen functional groups attached to an aromatic ring is 1. The fourth-order valence-corrected chi connectivity index (χ4v) is 3.51. The molecule has 2 fully saturated rings. The first-order valence-electron chi connectivity index (χ1n) is 7.80. The highest BCUT2D eigenvalue weighted by atomic mass is 16.2. The summed E-state index contributed by atoms with van der Waals surface area (Å²) in [5.41, 5.74) is 4.14. The molecule has 0 radical (unpaired) electrons. The number of amides is 1. The molecular formula is C16H24N4O. The quantitative estimate of drug-likeness (QED) is 0.642. The molecule has 114 valence electrons. The molecule has 2 saturated heterocycles. The molecule has 3 N–H and O–H groups in total. The first-order valence-corrected chi connectivity index (χ1v) is 7.80. The van der Waals surface area contributed by atoms with E-state index >= 15 is 0 Å². The highest BCUT2D eigenvalue weighted by Crippen LogP contribution is 2.25. The van der Waals surface area contributed by atoms with E-state index in [1.807, 2.05) is 29.2 Å².